The highest BCUT2D eigenvalue weighted by molar-refractivity contribution is 4.90. The van der Waals surface area contributed by atoms with Gasteiger partial charge < -0.3 is 9.47 Å². The first-order valence-corrected chi connectivity index (χ1v) is 3.54. The van der Waals surface area contributed by atoms with Crippen molar-refractivity contribution in [1.29, 1.82) is 0 Å². The molecule has 0 aliphatic carbocycles. The van der Waals surface area contributed by atoms with Crippen LogP contribution in [0.2, 0.25) is 0 Å². The van der Waals surface area contributed by atoms with Gasteiger partial charge in [0.15, 0.2) is 5.79 Å². The number of rotatable bonds is 0. The van der Waals surface area contributed by atoms with E-state index in [0.717, 1.165) is 0 Å². The third kappa shape index (κ3) is 1.32. The minimum Gasteiger partial charge on any atom is -0.344 e. The maximum absolute atomic E-state index is 5.56. The van der Waals surface area contributed by atoms with E-state index in [1.54, 1.807) is 0 Å². The summed E-state index contributed by atoms with van der Waals surface area (Å²) < 4.78 is 11.0. The van der Waals surface area contributed by atoms with Crippen LogP contribution in [0.4, 0.5) is 0 Å². The van der Waals surface area contributed by atoms with Crippen molar-refractivity contribution in [3.8, 4) is 0 Å². The molecule has 10 heavy (non-hydrogen) atoms. The van der Waals surface area contributed by atoms with E-state index in [1.807, 2.05) is 27.7 Å². The maximum Gasteiger partial charge on any atom is 0.164 e. The van der Waals surface area contributed by atoms with Crippen molar-refractivity contribution in [2.75, 3.05) is 0 Å². The van der Waals surface area contributed by atoms with Crippen molar-refractivity contribution in [3.63, 3.8) is 0 Å². The standard InChI is InChI=1S/C8H15O2/c1-6-7(2,3)10-8(4,5)9-6/h6H,1H2,2-5H3/t6-/m1/s1. The Bertz CT molecular complexity index is 138. The van der Waals surface area contributed by atoms with Gasteiger partial charge in [-0.1, -0.05) is 0 Å². The highest BCUT2D eigenvalue weighted by Gasteiger charge is 2.44. The van der Waals surface area contributed by atoms with Crippen LogP contribution in [-0.2, 0) is 9.47 Å². The molecule has 59 valence electrons. The Morgan fingerprint density at radius 3 is 1.80 bits per heavy atom. The number of ether oxygens (including phenoxy) is 2. The molecule has 1 aliphatic rings. The van der Waals surface area contributed by atoms with E-state index in [9.17, 15) is 0 Å². The average Bonchev–Trinajstić information content (AvgIpc) is 1.73. The monoisotopic (exact) mass is 143 g/mol. The second-order valence-electron chi connectivity index (χ2n) is 3.71. The molecule has 0 aromatic rings. The maximum atomic E-state index is 5.56. The van der Waals surface area contributed by atoms with Crippen molar-refractivity contribution in [2.45, 2.75) is 45.2 Å². The normalized spacial score (nSPS) is 36.3. The lowest BCUT2D eigenvalue weighted by atomic mass is 10.0. The molecule has 2 heteroatoms. The summed E-state index contributed by atoms with van der Waals surface area (Å²) in [7, 11) is 0. The molecule has 1 saturated heterocycles. The minimum absolute atomic E-state index is 0.0671. The van der Waals surface area contributed by atoms with Crippen LogP contribution in [0.5, 0.6) is 0 Å². The molecule has 0 saturated carbocycles. The summed E-state index contributed by atoms with van der Waals surface area (Å²) in [5.74, 6) is -0.462. The predicted octanol–water partition coefficient (Wildman–Crippen LogP) is 1.75. The van der Waals surface area contributed by atoms with E-state index >= 15 is 0 Å². The largest absolute Gasteiger partial charge is 0.344 e. The first-order valence-electron chi connectivity index (χ1n) is 3.54. The smallest absolute Gasteiger partial charge is 0.164 e. The van der Waals surface area contributed by atoms with Crippen LogP contribution < -0.4 is 0 Å². The van der Waals surface area contributed by atoms with Gasteiger partial charge in [0.1, 0.15) is 0 Å². The molecule has 2 nitrogen and oxygen atoms in total. The van der Waals surface area contributed by atoms with Crippen LogP contribution in [0.3, 0.4) is 0 Å². The van der Waals surface area contributed by atoms with Gasteiger partial charge in [-0.2, -0.15) is 0 Å². The van der Waals surface area contributed by atoms with Crippen LogP contribution in [0.1, 0.15) is 27.7 Å². The van der Waals surface area contributed by atoms with Crippen molar-refractivity contribution in [1.82, 2.24) is 0 Å². The quantitative estimate of drug-likeness (QED) is 0.514. The highest BCUT2D eigenvalue weighted by Crippen LogP contribution is 2.34. The average molecular weight is 143 g/mol. The first-order chi connectivity index (χ1) is 4.33. The first kappa shape index (κ1) is 8.02. The van der Waals surface area contributed by atoms with E-state index in [1.165, 1.54) is 0 Å². The molecule has 0 amide bonds. The van der Waals surface area contributed by atoms with Crippen molar-refractivity contribution < 1.29 is 9.47 Å². The van der Waals surface area contributed by atoms with Crippen LogP contribution in [0, 0.1) is 6.92 Å². The Morgan fingerprint density at radius 1 is 1.20 bits per heavy atom. The highest BCUT2D eigenvalue weighted by atomic mass is 16.8. The SMILES string of the molecule is [CH2][C@H]1OC(C)(C)OC1(C)C. The van der Waals surface area contributed by atoms with E-state index in [-0.39, 0.29) is 11.7 Å². The van der Waals surface area contributed by atoms with Crippen LogP contribution in [0.25, 0.3) is 0 Å². The van der Waals surface area contributed by atoms with E-state index in [2.05, 4.69) is 6.92 Å². The van der Waals surface area contributed by atoms with E-state index < -0.39 is 5.79 Å². The molecule has 0 aromatic carbocycles. The van der Waals surface area contributed by atoms with Gasteiger partial charge in [0.05, 0.1) is 11.7 Å². The molecule has 1 heterocycles. The lowest BCUT2D eigenvalue weighted by Crippen LogP contribution is -2.31. The van der Waals surface area contributed by atoms with Gasteiger partial charge >= 0.3 is 0 Å². The molecule has 1 rings (SSSR count). The fourth-order valence-electron chi connectivity index (χ4n) is 1.21. The van der Waals surface area contributed by atoms with Gasteiger partial charge in [-0.25, -0.2) is 0 Å². The van der Waals surface area contributed by atoms with Gasteiger partial charge in [0.25, 0.3) is 0 Å². The lowest BCUT2D eigenvalue weighted by molar-refractivity contribution is -0.155. The molecule has 0 unspecified atom stereocenters. The lowest BCUT2D eigenvalue weighted by Gasteiger charge is -2.21. The van der Waals surface area contributed by atoms with Crippen molar-refractivity contribution in [2.24, 2.45) is 0 Å². The summed E-state index contributed by atoms with van der Waals surface area (Å²) >= 11 is 0. The summed E-state index contributed by atoms with van der Waals surface area (Å²) in [6, 6.07) is 0. The summed E-state index contributed by atoms with van der Waals surface area (Å²) in [4.78, 5) is 0. The zero-order chi connectivity index (χ0) is 7.99. The fraction of sp³-hybridized carbons (Fsp3) is 0.875. The molecular weight excluding hydrogens is 128 g/mol. The third-order valence-electron chi connectivity index (χ3n) is 1.71. The Kier molecular flexibility index (Phi) is 1.57. The zero-order valence-corrected chi connectivity index (χ0v) is 7.10. The Hall–Kier alpha value is -0.0800. The molecule has 0 bridgehead atoms. The Balaban J connectivity index is 2.71. The third-order valence-corrected chi connectivity index (χ3v) is 1.71. The molecule has 1 fully saturated rings. The number of hydrogen-bond donors (Lipinski definition) is 0. The summed E-state index contributed by atoms with van der Waals surface area (Å²) in [5, 5.41) is 0. The van der Waals surface area contributed by atoms with Crippen LogP contribution >= 0.6 is 0 Å². The second-order valence-corrected chi connectivity index (χ2v) is 3.71. The minimum atomic E-state index is -0.462. The predicted molar refractivity (Wildman–Crippen MR) is 39.5 cm³/mol. The molecule has 1 atom stereocenters. The zero-order valence-electron chi connectivity index (χ0n) is 7.10. The van der Waals surface area contributed by atoms with E-state index in [4.69, 9.17) is 9.47 Å². The number of hydrogen-bond acceptors (Lipinski definition) is 2. The van der Waals surface area contributed by atoms with Gasteiger partial charge in [0.2, 0.25) is 0 Å². The van der Waals surface area contributed by atoms with Crippen molar-refractivity contribution in [3.05, 3.63) is 6.92 Å². The van der Waals surface area contributed by atoms with Gasteiger partial charge in [-0.15, -0.1) is 0 Å². The van der Waals surface area contributed by atoms with Gasteiger partial charge in [0, 0.05) is 0 Å². The van der Waals surface area contributed by atoms with Crippen molar-refractivity contribution >= 4 is 0 Å². The van der Waals surface area contributed by atoms with Crippen LogP contribution in [-0.4, -0.2) is 17.5 Å². The molecule has 0 N–H and O–H groups in total. The van der Waals surface area contributed by atoms with Gasteiger partial charge in [-0.3, -0.25) is 0 Å². The summed E-state index contributed by atoms with van der Waals surface area (Å²) in [5.41, 5.74) is -0.247. The van der Waals surface area contributed by atoms with E-state index in [0.29, 0.717) is 0 Å². The molecule has 1 radical (unpaired) electrons. The second kappa shape index (κ2) is 1.95. The Labute approximate surface area is 62.5 Å². The molecule has 0 spiro atoms. The molecule has 1 aliphatic heterocycles. The summed E-state index contributed by atoms with van der Waals surface area (Å²) in [6.45, 7) is 11.6. The Morgan fingerprint density at radius 2 is 1.70 bits per heavy atom. The fourth-order valence-corrected chi connectivity index (χ4v) is 1.21. The van der Waals surface area contributed by atoms with Crippen LogP contribution in [0.15, 0.2) is 0 Å². The topological polar surface area (TPSA) is 18.5 Å². The molecule has 0 aromatic heterocycles. The molecular formula is C8H15O2. The van der Waals surface area contributed by atoms with Gasteiger partial charge in [-0.05, 0) is 34.6 Å². The summed E-state index contributed by atoms with van der Waals surface area (Å²) in [6.07, 6.45) is -0.0671.